The molecule has 0 aliphatic carbocycles. The van der Waals surface area contributed by atoms with Crippen molar-refractivity contribution < 1.29 is 19.8 Å². The molecule has 1 saturated heterocycles. The first-order valence-electron chi connectivity index (χ1n) is 5.65. The van der Waals surface area contributed by atoms with Gasteiger partial charge in [0.15, 0.2) is 0 Å². The lowest BCUT2D eigenvalue weighted by atomic mass is 9.83. The topological polar surface area (TPSA) is 77.8 Å². The molecule has 0 aromatic rings. The second-order valence-corrected chi connectivity index (χ2v) is 6.63. The van der Waals surface area contributed by atoms with E-state index in [1.165, 1.54) is 16.7 Å². The summed E-state index contributed by atoms with van der Waals surface area (Å²) in [5, 5.41) is 18.8. The molecule has 0 aromatic carbocycles. The SMILES string of the molecule is C[C@@H](O)C1C(=O)N2C(C(=O)O)=C(SCCI)CC12. The Morgan fingerprint density at radius 2 is 2.33 bits per heavy atom. The molecule has 100 valence electrons. The smallest absolute Gasteiger partial charge is 0.353 e. The second-order valence-electron chi connectivity index (χ2n) is 4.36. The van der Waals surface area contributed by atoms with Crippen molar-refractivity contribution in [2.24, 2.45) is 5.92 Å². The van der Waals surface area contributed by atoms with Gasteiger partial charge in [-0.25, -0.2) is 4.79 Å². The van der Waals surface area contributed by atoms with Gasteiger partial charge in [0, 0.05) is 21.5 Å². The lowest BCUT2D eigenvalue weighted by Gasteiger charge is -2.44. The number of nitrogens with zero attached hydrogens (tertiary/aromatic N) is 1. The molecule has 0 saturated carbocycles. The van der Waals surface area contributed by atoms with Crippen LogP contribution in [-0.2, 0) is 9.59 Å². The normalized spacial score (nSPS) is 28.2. The molecule has 0 bridgehead atoms. The number of rotatable bonds is 5. The molecule has 5 nitrogen and oxygen atoms in total. The van der Waals surface area contributed by atoms with Gasteiger partial charge in [-0.3, -0.25) is 4.79 Å². The Hall–Kier alpha value is -0.280. The van der Waals surface area contributed by atoms with Crippen LogP contribution in [0.1, 0.15) is 13.3 Å². The Morgan fingerprint density at radius 3 is 2.83 bits per heavy atom. The number of alkyl halides is 1. The fourth-order valence-electron chi connectivity index (χ4n) is 2.52. The highest BCUT2D eigenvalue weighted by atomic mass is 127. The summed E-state index contributed by atoms with van der Waals surface area (Å²) in [7, 11) is 0. The average molecular weight is 383 g/mol. The Morgan fingerprint density at radius 1 is 1.67 bits per heavy atom. The molecule has 2 aliphatic rings. The van der Waals surface area contributed by atoms with Gasteiger partial charge in [-0.2, -0.15) is 0 Å². The average Bonchev–Trinajstić information content (AvgIpc) is 2.60. The number of carboxylic acid groups (broad SMARTS) is 1. The molecule has 2 unspecified atom stereocenters. The van der Waals surface area contributed by atoms with Gasteiger partial charge in [0.2, 0.25) is 5.91 Å². The first-order valence-corrected chi connectivity index (χ1v) is 8.16. The molecular formula is C11H14INO4S. The Labute approximate surface area is 123 Å². The summed E-state index contributed by atoms with van der Waals surface area (Å²) in [5.74, 6) is -0.929. The molecule has 3 atom stereocenters. The van der Waals surface area contributed by atoms with Crippen LogP contribution in [0.2, 0.25) is 0 Å². The fraction of sp³-hybridized carbons (Fsp3) is 0.636. The quantitative estimate of drug-likeness (QED) is 0.422. The second kappa shape index (κ2) is 5.38. The molecule has 2 aliphatic heterocycles. The van der Waals surface area contributed by atoms with Crippen LogP contribution < -0.4 is 0 Å². The van der Waals surface area contributed by atoms with Gasteiger partial charge in [0.05, 0.1) is 18.1 Å². The van der Waals surface area contributed by atoms with Crippen LogP contribution in [0.4, 0.5) is 0 Å². The Balaban J connectivity index is 2.21. The van der Waals surface area contributed by atoms with Crippen molar-refractivity contribution in [2.45, 2.75) is 25.5 Å². The third-order valence-corrected chi connectivity index (χ3v) is 5.63. The van der Waals surface area contributed by atoms with E-state index in [0.29, 0.717) is 6.42 Å². The number of halogens is 1. The van der Waals surface area contributed by atoms with Gasteiger partial charge in [0.1, 0.15) is 5.70 Å². The predicted octanol–water partition coefficient (Wildman–Crippen LogP) is 1.06. The fourth-order valence-corrected chi connectivity index (χ4v) is 4.12. The molecule has 18 heavy (non-hydrogen) atoms. The number of carbonyl (C=O) groups is 2. The van der Waals surface area contributed by atoms with Gasteiger partial charge < -0.3 is 15.1 Å². The Bertz CT molecular complexity index is 423. The van der Waals surface area contributed by atoms with Crippen LogP contribution >= 0.6 is 34.4 Å². The van der Waals surface area contributed by atoms with Crippen molar-refractivity contribution in [1.82, 2.24) is 4.90 Å². The number of β-lactam (4-membered cyclic amide) rings is 1. The number of aliphatic hydroxyl groups excluding tert-OH is 1. The summed E-state index contributed by atoms with van der Waals surface area (Å²) in [5.41, 5.74) is 0.122. The number of hydrogen-bond donors (Lipinski definition) is 2. The molecule has 0 aromatic heterocycles. The van der Waals surface area contributed by atoms with E-state index in [2.05, 4.69) is 22.6 Å². The van der Waals surface area contributed by atoms with E-state index in [-0.39, 0.29) is 17.6 Å². The molecule has 2 heterocycles. The van der Waals surface area contributed by atoms with Crippen LogP contribution in [0, 0.1) is 5.92 Å². The van der Waals surface area contributed by atoms with E-state index in [4.69, 9.17) is 0 Å². The number of carbonyl (C=O) groups excluding carboxylic acids is 1. The summed E-state index contributed by atoms with van der Waals surface area (Å²) in [4.78, 5) is 25.2. The monoisotopic (exact) mass is 383 g/mol. The number of aliphatic hydroxyl groups is 1. The van der Waals surface area contributed by atoms with Gasteiger partial charge in [-0.1, -0.05) is 22.6 Å². The minimum absolute atomic E-state index is 0.122. The summed E-state index contributed by atoms with van der Waals surface area (Å²) in [6.45, 7) is 1.58. The van der Waals surface area contributed by atoms with E-state index in [1.54, 1.807) is 6.92 Å². The lowest BCUT2D eigenvalue weighted by molar-refractivity contribution is -0.161. The predicted molar refractivity (Wildman–Crippen MR) is 76.4 cm³/mol. The molecule has 2 rings (SSSR count). The standard InChI is InChI=1S/C11H14INO4S/c1-5(14)8-6-4-7(18-3-2-12)9(11(16)17)13(6)10(8)15/h5-6,8,14H,2-4H2,1H3,(H,16,17)/t5-,6?,8?/m1/s1. The van der Waals surface area contributed by atoms with Gasteiger partial charge in [-0.05, 0) is 6.92 Å². The molecule has 1 amide bonds. The number of amides is 1. The summed E-state index contributed by atoms with van der Waals surface area (Å²) in [6, 6.07) is -0.166. The number of hydrogen-bond acceptors (Lipinski definition) is 4. The van der Waals surface area contributed by atoms with Crippen molar-refractivity contribution in [1.29, 1.82) is 0 Å². The molecule has 1 fully saturated rings. The maximum Gasteiger partial charge on any atom is 0.353 e. The summed E-state index contributed by atoms with van der Waals surface area (Å²) >= 11 is 3.73. The number of aliphatic carboxylic acids is 1. The van der Waals surface area contributed by atoms with Crippen LogP contribution in [0.5, 0.6) is 0 Å². The third-order valence-electron chi connectivity index (χ3n) is 3.24. The lowest BCUT2D eigenvalue weighted by Crippen LogP contribution is -2.61. The van der Waals surface area contributed by atoms with Crippen LogP contribution in [0.3, 0.4) is 0 Å². The Kier molecular flexibility index (Phi) is 4.22. The van der Waals surface area contributed by atoms with Crippen molar-refractivity contribution in [3.63, 3.8) is 0 Å². The molecule has 0 radical (unpaired) electrons. The van der Waals surface area contributed by atoms with Gasteiger partial charge in [-0.15, -0.1) is 11.8 Å². The molecule has 2 N–H and O–H groups in total. The van der Waals surface area contributed by atoms with Crippen molar-refractivity contribution >= 4 is 46.2 Å². The molecule has 7 heteroatoms. The zero-order valence-electron chi connectivity index (χ0n) is 9.80. The van der Waals surface area contributed by atoms with Crippen molar-refractivity contribution in [3.8, 4) is 0 Å². The summed E-state index contributed by atoms with van der Waals surface area (Å²) in [6.07, 6.45) is -0.160. The number of fused-ring (bicyclic) bond motifs is 1. The van der Waals surface area contributed by atoms with Gasteiger partial charge in [0.25, 0.3) is 0 Å². The van der Waals surface area contributed by atoms with Crippen LogP contribution in [-0.4, -0.2) is 49.3 Å². The highest BCUT2D eigenvalue weighted by Gasteiger charge is 2.56. The van der Waals surface area contributed by atoms with Crippen molar-refractivity contribution in [2.75, 3.05) is 10.2 Å². The highest BCUT2D eigenvalue weighted by Crippen LogP contribution is 2.46. The van der Waals surface area contributed by atoms with Crippen LogP contribution in [0.15, 0.2) is 10.6 Å². The minimum atomic E-state index is -1.05. The highest BCUT2D eigenvalue weighted by molar-refractivity contribution is 14.1. The van der Waals surface area contributed by atoms with E-state index < -0.39 is 18.0 Å². The molecule has 0 spiro atoms. The van der Waals surface area contributed by atoms with E-state index >= 15 is 0 Å². The zero-order chi connectivity index (χ0) is 13.4. The van der Waals surface area contributed by atoms with E-state index in [9.17, 15) is 19.8 Å². The van der Waals surface area contributed by atoms with E-state index in [0.717, 1.165) is 15.1 Å². The van der Waals surface area contributed by atoms with Crippen LogP contribution in [0.25, 0.3) is 0 Å². The summed E-state index contributed by atoms with van der Waals surface area (Å²) < 4.78 is 0.928. The maximum atomic E-state index is 11.9. The van der Waals surface area contributed by atoms with Gasteiger partial charge >= 0.3 is 5.97 Å². The first-order chi connectivity index (χ1) is 8.49. The third kappa shape index (κ3) is 2.16. The minimum Gasteiger partial charge on any atom is -0.477 e. The van der Waals surface area contributed by atoms with Crippen molar-refractivity contribution in [3.05, 3.63) is 10.6 Å². The van der Waals surface area contributed by atoms with E-state index in [1.807, 2.05) is 0 Å². The largest absolute Gasteiger partial charge is 0.477 e. The maximum absolute atomic E-state index is 11.9. The zero-order valence-corrected chi connectivity index (χ0v) is 12.8. The number of thioether (sulfide) groups is 1. The molecular weight excluding hydrogens is 369 g/mol. The first kappa shape index (κ1) is 14.1. The number of carboxylic acids is 1.